The summed E-state index contributed by atoms with van der Waals surface area (Å²) in [6, 6.07) is 7.05. The van der Waals surface area contributed by atoms with Crippen LogP contribution in [0.1, 0.15) is 0 Å². The second-order valence-electron chi connectivity index (χ2n) is 3.02. The minimum atomic E-state index is 0.273. The standard InChI is InChI=1S/C10H9BrN2O/c1-13-9(6-12-10(13)11)7-2-4-8(14)5-3-7/h2-6,14H,1H3. The van der Waals surface area contributed by atoms with E-state index in [1.54, 1.807) is 18.3 Å². The van der Waals surface area contributed by atoms with Gasteiger partial charge in [-0.25, -0.2) is 4.98 Å². The van der Waals surface area contributed by atoms with Crippen LogP contribution in [-0.2, 0) is 7.05 Å². The number of hydrogen-bond donors (Lipinski definition) is 1. The quantitative estimate of drug-likeness (QED) is 0.848. The number of halogens is 1. The number of aromatic nitrogens is 2. The van der Waals surface area contributed by atoms with Gasteiger partial charge in [0.2, 0.25) is 0 Å². The van der Waals surface area contributed by atoms with Crippen molar-refractivity contribution in [1.29, 1.82) is 0 Å². The third-order valence-corrected chi connectivity index (χ3v) is 2.83. The van der Waals surface area contributed by atoms with Crippen LogP contribution in [-0.4, -0.2) is 14.7 Å². The molecule has 0 atom stereocenters. The van der Waals surface area contributed by atoms with E-state index in [0.29, 0.717) is 0 Å². The Hall–Kier alpha value is -1.29. The molecule has 0 amide bonds. The molecule has 1 aromatic heterocycles. The van der Waals surface area contributed by atoms with Gasteiger partial charge in [0.1, 0.15) is 5.75 Å². The maximum Gasteiger partial charge on any atom is 0.177 e. The van der Waals surface area contributed by atoms with Gasteiger partial charge in [0.05, 0.1) is 11.9 Å². The molecule has 72 valence electrons. The summed E-state index contributed by atoms with van der Waals surface area (Å²) in [5.41, 5.74) is 2.04. The predicted octanol–water partition coefficient (Wildman–Crippen LogP) is 2.56. The number of nitrogens with zero attached hydrogens (tertiary/aromatic N) is 2. The van der Waals surface area contributed by atoms with Crippen molar-refractivity contribution in [3.63, 3.8) is 0 Å². The highest BCUT2D eigenvalue weighted by Crippen LogP contribution is 2.23. The van der Waals surface area contributed by atoms with Gasteiger partial charge in [-0.2, -0.15) is 0 Å². The second-order valence-corrected chi connectivity index (χ2v) is 3.73. The molecule has 0 fully saturated rings. The SMILES string of the molecule is Cn1c(-c2ccc(O)cc2)cnc1Br. The van der Waals surface area contributed by atoms with Crippen molar-refractivity contribution in [2.24, 2.45) is 7.05 Å². The van der Waals surface area contributed by atoms with E-state index in [0.717, 1.165) is 16.0 Å². The van der Waals surface area contributed by atoms with Crippen LogP contribution in [0.5, 0.6) is 5.75 Å². The minimum absolute atomic E-state index is 0.273. The molecule has 4 heteroatoms. The Kier molecular flexibility index (Phi) is 2.29. The fraction of sp³-hybridized carbons (Fsp3) is 0.100. The molecule has 0 aliphatic carbocycles. The molecule has 0 spiro atoms. The maximum absolute atomic E-state index is 9.15. The van der Waals surface area contributed by atoms with Gasteiger partial charge in [-0.3, -0.25) is 0 Å². The van der Waals surface area contributed by atoms with Gasteiger partial charge >= 0.3 is 0 Å². The summed E-state index contributed by atoms with van der Waals surface area (Å²) < 4.78 is 2.73. The highest BCUT2D eigenvalue weighted by Gasteiger charge is 2.05. The molecule has 1 aromatic carbocycles. The summed E-state index contributed by atoms with van der Waals surface area (Å²) in [5.74, 6) is 0.273. The number of benzene rings is 1. The first-order valence-electron chi connectivity index (χ1n) is 4.15. The summed E-state index contributed by atoms with van der Waals surface area (Å²) in [5, 5.41) is 9.15. The van der Waals surface area contributed by atoms with Crippen LogP contribution in [0, 0.1) is 0 Å². The van der Waals surface area contributed by atoms with Crippen LogP contribution in [0.3, 0.4) is 0 Å². The van der Waals surface area contributed by atoms with Crippen molar-refractivity contribution in [3.8, 4) is 17.0 Å². The molecule has 0 unspecified atom stereocenters. The first-order valence-corrected chi connectivity index (χ1v) is 4.94. The lowest BCUT2D eigenvalue weighted by atomic mass is 10.1. The van der Waals surface area contributed by atoms with Gasteiger partial charge < -0.3 is 9.67 Å². The van der Waals surface area contributed by atoms with Gasteiger partial charge in [0, 0.05) is 12.6 Å². The lowest BCUT2D eigenvalue weighted by molar-refractivity contribution is 0.475. The number of hydrogen-bond acceptors (Lipinski definition) is 2. The smallest absolute Gasteiger partial charge is 0.177 e. The van der Waals surface area contributed by atoms with E-state index < -0.39 is 0 Å². The van der Waals surface area contributed by atoms with Gasteiger partial charge in [0.15, 0.2) is 4.73 Å². The summed E-state index contributed by atoms with van der Waals surface area (Å²) in [6.45, 7) is 0. The Bertz CT molecular complexity index is 448. The Morgan fingerprint density at radius 1 is 1.29 bits per heavy atom. The van der Waals surface area contributed by atoms with Crippen molar-refractivity contribution in [1.82, 2.24) is 9.55 Å². The van der Waals surface area contributed by atoms with E-state index in [1.807, 2.05) is 23.7 Å². The van der Waals surface area contributed by atoms with Crippen LogP contribution in [0.15, 0.2) is 35.2 Å². The average molecular weight is 253 g/mol. The summed E-state index contributed by atoms with van der Waals surface area (Å²) in [4.78, 5) is 4.13. The number of rotatable bonds is 1. The molecule has 0 saturated carbocycles. The number of phenols is 1. The number of imidazole rings is 1. The molecule has 3 nitrogen and oxygen atoms in total. The second kappa shape index (κ2) is 3.46. The largest absolute Gasteiger partial charge is 0.508 e. The highest BCUT2D eigenvalue weighted by molar-refractivity contribution is 9.10. The van der Waals surface area contributed by atoms with Crippen LogP contribution in [0.25, 0.3) is 11.3 Å². The lowest BCUT2D eigenvalue weighted by Crippen LogP contribution is -1.91. The Morgan fingerprint density at radius 3 is 2.43 bits per heavy atom. The lowest BCUT2D eigenvalue weighted by Gasteiger charge is -2.02. The van der Waals surface area contributed by atoms with Crippen molar-refractivity contribution in [3.05, 3.63) is 35.2 Å². The van der Waals surface area contributed by atoms with E-state index in [9.17, 15) is 0 Å². The normalized spacial score (nSPS) is 10.4. The van der Waals surface area contributed by atoms with E-state index in [1.165, 1.54) is 0 Å². The molecule has 0 saturated heterocycles. The highest BCUT2D eigenvalue weighted by atomic mass is 79.9. The molecule has 1 N–H and O–H groups in total. The minimum Gasteiger partial charge on any atom is -0.508 e. The average Bonchev–Trinajstić information content (AvgIpc) is 2.50. The molecule has 1 heterocycles. The third-order valence-electron chi connectivity index (χ3n) is 2.09. The zero-order valence-electron chi connectivity index (χ0n) is 7.61. The van der Waals surface area contributed by atoms with Gasteiger partial charge in [0.25, 0.3) is 0 Å². The zero-order valence-corrected chi connectivity index (χ0v) is 9.19. The van der Waals surface area contributed by atoms with E-state index in [2.05, 4.69) is 20.9 Å². The molecular weight excluding hydrogens is 244 g/mol. The molecule has 2 rings (SSSR count). The van der Waals surface area contributed by atoms with Gasteiger partial charge in [-0.15, -0.1) is 0 Å². The molecule has 14 heavy (non-hydrogen) atoms. The fourth-order valence-electron chi connectivity index (χ4n) is 1.29. The predicted molar refractivity (Wildman–Crippen MR) is 58.0 cm³/mol. The van der Waals surface area contributed by atoms with Crippen molar-refractivity contribution in [2.45, 2.75) is 0 Å². The Labute approximate surface area is 90.2 Å². The molecule has 0 aliphatic heterocycles. The van der Waals surface area contributed by atoms with Crippen molar-refractivity contribution >= 4 is 15.9 Å². The maximum atomic E-state index is 9.15. The van der Waals surface area contributed by atoms with Crippen molar-refractivity contribution < 1.29 is 5.11 Å². The van der Waals surface area contributed by atoms with Gasteiger partial charge in [-0.1, -0.05) is 0 Å². The van der Waals surface area contributed by atoms with Crippen molar-refractivity contribution in [2.75, 3.05) is 0 Å². The molecule has 0 bridgehead atoms. The first-order chi connectivity index (χ1) is 6.68. The first kappa shape index (κ1) is 9.27. The van der Waals surface area contributed by atoms with Crippen LogP contribution >= 0.6 is 15.9 Å². The Balaban J connectivity index is 2.49. The summed E-state index contributed by atoms with van der Waals surface area (Å²) >= 11 is 3.33. The molecule has 0 aliphatic rings. The fourth-order valence-corrected chi connectivity index (χ4v) is 1.58. The summed E-state index contributed by atoms with van der Waals surface area (Å²) in [7, 11) is 1.93. The van der Waals surface area contributed by atoms with Gasteiger partial charge in [-0.05, 0) is 40.2 Å². The third kappa shape index (κ3) is 1.53. The van der Waals surface area contributed by atoms with Crippen LogP contribution in [0.4, 0.5) is 0 Å². The number of aromatic hydroxyl groups is 1. The van der Waals surface area contributed by atoms with E-state index in [-0.39, 0.29) is 5.75 Å². The topological polar surface area (TPSA) is 38.0 Å². The van der Waals surface area contributed by atoms with Crippen LogP contribution in [0.2, 0.25) is 0 Å². The molecular formula is C10H9BrN2O. The van der Waals surface area contributed by atoms with E-state index >= 15 is 0 Å². The monoisotopic (exact) mass is 252 g/mol. The summed E-state index contributed by atoms with van der Waals surface area (Å²) in [6.07, 6.45) is 1.79. The Morgan fingerprint density at radius 2 is 1.93 bits per heavy atom. The molecule has 0 radical (unpaired) electrons. The number of phenolic OH excluding ortho intramolecular Hbond substituents is 1. The van der Waals surface area contributed by atoms with Crippen LogP contribution < -0.4 is 0 Å². The molecule has 2 aromatic rings. The zero-order chi connectivity index (χ0) is 10.1. The van der Waals surface area contributed by atoms with E-state index in [4.69, 9.17) is 5.11 Å².